The van der Waals surface area contributed by atoms with Gasteiger partial charge < -0.3 is 49.0 Å². The molecule has 10 heterocycles. The summed E-state index contributed by atoms with van der Waals surface area (Å²) in [7, 11) is 5.17. The molecule has 2 amide bonds. The molecule has 754 valence electrons. The molecule has 3 atom stereocenters. The third kappa shape index (κ3) is 22.0. The Morgan fingerprint density at radius 3 is 1.35 bits per heavy atom. The van der Waals surface area contributed by atoms with E-state index in [0.717, 1.165) is 142 Å². The second kappa shape index (κ2) is 45.3. The fourth-order valence-corrected chi connectivity index (χ4v) is 23.0. The number of hydrogen-bond donors (Lipinski definition) is 4. The van der Waals surface area contributed by atoms with Crippen LogP contribution in [0.4, 0.5) is 26.3 Å². The van der Waals surface area contributed by atoms with Crippen LogP contribution in [0.1, 0.15) is 230 Å². The number of benzene rings is 7. The van der Waals surface area contributed by atoms with Crippen LogP contribution in [-0.4, -0.2) is 152 Å². The van der Waals surface area contributed by atoms with Crippen LogP contribution in [0.3, 0.4) is 0 Å². The number of aryl methyl sites for hydroxylation is 1. The van der Waals surface area contributed by atoms with Crippen molar-refractivity contribution >= 4 is 119 Å². The van der Waals surface area contributed by atoms with Crippen LogP contribution in [0.2, 0.25) is 25.2 Å². The molecule has 144 heavy (non-hydrogen) atoms. The van der Waals surface area contributed by atoms with E-state index in [2.05, 4.69) is 34.6 Å². The van der Waals surface area contributed by atoms with Crippen LogP contribution in [0.5, 0.6) is 11.8 Å². The Hall–Kier alpha value is -11.5. The zero-order valence-corrected chi connectivity index (χ0v) is 84.6. The first kappa shape index (κ1) is 105. The minimum atomic E-state index is -5.41. The molecule has 5 aliphatic rings. The van der Waals surface area contributed by atoms with Gasteiger partial charge in [0.1, 0.15) is 27.5 Å². The van der Waals surface area contributed by atoms with Crippen LogP contribution in [0, 0.1) is 17.8 Å². The zero-order valence-electron chi connectivity index (χ0n) is 80.8. The Balaban J connectivity index is 0.000000138. The summed E-state index contributed by atoms with van der Waals surface area (Å²) in [6, 6.07) is 53.3. The lowest BCUT2D eigenvalue weighted by molar-refractivity contribution is -0.145. The van der Waals surface area contributed by atoms with Crippen LogP contribution in [0.25, 0.3) is 43.6 Å². The lowest BCUT2D eigenvalue weighted by atomic mass is 9.71. The highest BCUT2D eigenvalue weighted by Crippen LogP contribution is 2.52. The van der Waals surface area contributed by atoms with Crippen LogP contribution >= 0.6 is 58.0 Å². The fourth-order valence-electron chi connectivity index (χ4n) is 21.6. The highest BCUT2D eigenvalue weighted by atomic mass is 35.5. The number of alkyl halides is 6. The summed E-state index contributed by atoms with van der Waals surface area (Å²) in [5.74, 6) is 0.435. The average molecular weight is 2070 g/mol. The lowest BCUT2D eigenvalue weighted by Gasteiger charge is -2.42. The number of halogens is 11. The van der Waals surface area contributed by atoms with Crippen molar-refractivity contribution in [1.82, 2.24) is 54.2 Å². The monoisotopic (exact) mass is 2060 g/mol. The Labute approximate surface area is 857 Å². The molecule has 19 rings (SSSR count). The Bertz CT molecular complexity index is 6880. The van der Waals surface area contributed by atoms with Crippen molar-refractivity contribution in [1.29, 1.82) is 0 Å². The molecule has 7 aromatic carbocycles. The number of amides is 2. The largest absolute Gasteiger partial charge is 0.481 e. The molecule has 21 nitrogen and oxygen atoms in total. The van der Waals surface area contributed by atoms with E-state index in [1.165, 1.54) is 127 Å². The standard InChI is InChI=1S/C31H37ClN2O3.C30H35ClN2O3.C26H25Cl3N4O.C25H17F6N3O3/c1-21(35)34-17-15-24(16-18-34)31(36,23-11-7-4-8-12-23)25-13-14-28-26(20-25)29(32)27(30(33-28)37-2)19-22-9-5-3-6-10-22;1-20(34)33-17-15-23(16-18-33)30(35,22-11-7-4-8-12-22)24-13-14-26-25(19-24)28(31)27(29(32-26)36-2)21-9-5-3-6-10-21;1-32-16-30-14-23(32)26(34,17-5-8-19(27)9-6-17)18-7-10-22-20(13-18)24(28)21(25(29)31-22)15-33-11-3-2-4-12-33;1-2-37-22(35)19-20(24(26,27)28)17-11-14(7-8-18(17)34-21(19)25(29,30)31)23(36,15-5-3-9-32-12-15)16-6-4-10-33-13-16/h4,7-8,11-14,20,22,24,36H,3,5-6,9-10,15-19H2,1-2H3;4,7-8,11-14,19,21,23,35H,3,5-6,9-10,15-18H2,1-2H3;5-10,13-14,16,34H,2-4,11-12,15H2,1H3;3-13,36H,2H2,1H3. The molecule has 5 fully saturated rings. The molecular weight excluding hydrogens is 1950 g/mol. The summed E-state index contributed by atoms with van der Waals surface area (Å²) in [5, 5.41) is 53.7. The summed E-state index contributed by atoms with van der Waals surface area (Å²) in [5.41, 5.74) is -1.85. The van der Waals surface area contributed by atoms with Crippen molar-refractivity contribution in [3.05, 3.63) is 334 Å². The number of hydrogen-bond acceptors (Lipinski definition) is 18. The predicted octanol–water partition coefficient (Wildman–Crippen LogP) is 24.7. The van der Waals surface area contributed by atoms with Gasteiger partial charge in [0.25, 0.3) is 0 Å². The van der Waals surface area contributed by atoms with E-state index < -0.39 is 75.1 Å². The van der Waals surface area contributed by atoms with Crippen molar-refractivity contribution in [3.63, 3.8) is 0 Å². The van der Waals surface area contributed by atoms with Crippen molar-refractivity contribution in [2.45, 2.75) is 184 Å². The number of carbonyl (C=O) groups is 3. The maximum Gasteiger partial charge on any atom is 0.434 e. The van der Waals surface area contributed by atoms with E-state index in [1.54, 1.807) is 52.7 Å². The summed E-state index contributed by atoms with van der Waals surface area (Å²) < 4.78 is 102. The van der Waals surface area contributed by atoms with E-state index in [1.807, 2.05) is 149 Å². The quantitative estimate of drug-likeness (QED) is 0.0296. The minimum absolute atomic E-state index is 0.0317. The molecule has 7 aromatic heterocycles. The van der Waals surface area contributed by atoms with Gasteiger partial charge in [-0.25, -0.2) is 29.7 Å². The number of nitrogens with zero attached hydrogens (tertiary/aromatic N) is 11. The number of pyridine rings is 6. The van der Waals surface area contributed by atoms with Gasteiger partial charge in [0.05, 0.1) is 81.7 Å². The van der Waals surface area contributed by atoms with E-state index in [-0.39, 0.29) is 40.3 Å². The summed E-state index contributed by atoms with van der Waals surface area (Å²) >= 11 is 33.9. The Morgan fingerprint density at radius 2 is 0.882 bits per heavy atom. The summed E-state index contributed by atoms with van der Waals surface area (Å²) in [6.45, 7) is 9.31. The first-order valence-corrected chi connectivity index (χ1v) is 50.7. The maximum absolute atomic E-state index is 14.3. The summed E-state index contributed by atoms with van der Waals surface area (Å²) in [6.07, 6.45) is 17.4. The van der Waals surface area contributed by atoms with E-state index in [9.17, 15) is 61.2 Å². The highest BCUT2D eigenvalue weighted by molar-refractivity contribution is 6.39. The molecule has 14 aromatic rings. The third-order valence-corrected chi connectivity index (χ3v) is 31.0. The topological polar surface area (TPSA) is 265 Å². The molecule has 0 bridgehead atoms. The molecule has 4 N–H and O–H groups in total. The van der Waals surface area contributed by atoms with Gasteiger partial charge in [0.15, 0.2) is 11.3 Å². The number of ether oxygens (including phenoxy) is 3. The van der Waals surface area contributed by atoms with Gasteiger partial charge >= 0.3 is 18.3 Å². The smallest absolute Gasteiger partial charge is 0.434 e. The first-order chi connectivity index (χ1) is 69.1. The first-order valence-electron chi connectivity index (χ1n) is 48.8. The van der Waals surface area contributed by atoms with Gasteiger partial charge in [0, 0.05) is 133 Å². The van der Waals surface area contributed by atoms with Crippen molar-refractivity contribution in [2.75, 3.05) is 60.1 Å². The molecule has 0 radical (unpaired) electrons. The number of methoxy groups -OCH3 is 2. The fraction of sp³-hybridized carbons (Fsp3) is 0.375. The molecule has 3 saturated heterocycles. The van der Waals surface area contributed by atoms with Gasteiger partial charge in [-0.1, -0.05) is 225 Å². The molecule has 2 saturated carbocycles. The highest BCUT2D eigenvalue weighted by Gasteiger charge is 2.50. The molecule has 3 unspecified atom stereocenters. The van der Waals surface area contributed by atoms with Gasteiger partial charge in [-0.05, 0) is 213 Å². The van der Waals surface area contributed by atoms with Crippen LogP contribution in [0.15, 0.2) is 219 Å². The van der Waals surface area contributed by atoms with E-state index >= 15 is 0 Å². The molecule has 3 aliphatic heterocycles. The molecular formula is C112H114Cl5F6N11O10. The normalized spacial score (nSPS) is 16.9. The number of likely N-dealkylation sites (tertiary alicyclic amines) is 3. The molecule has 32 heteroatoms. The number of aliphatic hydroxyl groups is 4. The number of aromatic nitrogens is 8. The van der Waals surface area contributed by atoms with Crippen molar-refractivity contribution in [3.8, 4) is 11.8 Å². The average Bonchev–Trinajstić information content (AvgIpc) is 0.851. The van der Waals surface area contributed by atoms with Crippen LogP contribution < -0.4 is 9.47 Å². The van der Waals surface area contributed by atoms with Crippen molar-refractivity contribution in [2.24, 2.45) is 24.8 Å². The van der Waals surface area contributed by atoms with Gasteiger partial charge in [0.2, 0.25) is 23.6 Å². The summed E-state index contributed by atoms with van der Waals surface area (Å²) in [4.78, 5) is 72.2. The molecule has 0 spiro atoms. The zero-order chi connectivity index (χ0) is 102. The van der Waals surface area contributed by atoms with Crippen LogP contribution in [-0.2, 0) is 69.1 Å². The lowest BCUT2D eigenvalue weighted by Crippen LogP contribution is -2.45. The second-order valence-corrected chi connectivity index (χ2v) is 39.7. The van der Waals surface area contributed by atoms with E-state index in [4.69, 9.17) is 77.4 Å². The number of imidazole rings is 1. The number of esters is 1. The minimum Gasteiger partial charge on any atom is -0.481 e. The third-order valence-electron chi connectivity index (χ3n) is 29.1. The predicted molar refractivity (Wildman–Crippen MR) is 547 cm³/mol. The number of rotatable bonds is 21. The second-order valence-electron chi connectivity index (χ2n) is 37.8. The maximum atomic E-state index is 14.3. The van der Waals surface area contributed by atoms with E-state index in [0.29, 0.717) is 104 Å². The Kier molecular flexibility index (Phi) is 33.1. The SMILES string of the molecule is CCOC(=O)c1c(C(F)(F)F)nc2ccc(C(O)(c3cccnc3)c3cccnc3)cc2c1C(F)(F)F.COc1nc2ccc(C(O)(c3ccccc3)C3CCN(C(C)=O)CC3)cc2c(Cl)c1C1CCCCC1.COc1nc2ccc(C(O)(c3ccccc3)C3CCN(C(C)=O)CC3)cc2c(Cl)c1CC1CCCCC1.Cn1cncc1C(O)(c1ccc(Cl)cc1)c1ccc2nc(Cl)c(CN3CCCCC3)c(Cl)c2c1. The van der Waals surface area contributed by atoms with Gasteiger partial charge in [-0.2, -0.15) is 26.3 Å². The number of fused-ring (bicyclic) bond motifs is 4. The van der Waals surface area contributed by atoms with Gasteiger partial charge in [-0.15, -0.1) is 0 Å². The number of piperidine rings is 3. The molecule has 2 aliphatic carbocycles. The Morgan fingerprint density at radius 1 is 0.438 bits per heavy atom. The van der Waals surface area contributed by atoms with Crippen molar-refractivity contribution < 1.29 is 75.4 Å². The van der Waals surface area contributed by atoms with Gasteiger partial charge in [-0.3, -0.25) is 24.5 Å². The number of carbonyl (C=O) groups excluding carboxylic acids is 3.